The number of hydrogen-bond donors (Lipinski definition) is 0. The normalized spacial score (nSPS) is 9.88. The van der Waals surface area contributed by atoms with Crippen LogP contribution in [0.2, 0.25) is 0 Å². The molecule has 0 aliphatic heterocycles. The number of methoxy groups -OCH3 is 2. The van der Waals surface area contributed by atoms with E-state index < -0.39 is 0 Å². The minimum absolute atomic E-state index is 0.472. The van der Waals surface area contributed by atoms with Gasteiger partial charge in [0.1, 0.15) is 0 Å². The largest absolute Gasteiger partial charge is 0.481 e. The molecule has 5 heteroatoms. The van der Waals surface area contributed by atoms with Gasteiger partial charge < -0.3 is 9.47 Å². The first-order valence-electron chi connectivity index (χ1n) is 4.72. The predicted molar refractivity (Wildman–Crippen MR) is 58.4 cm³/mol. The highest BCUT2D eigenvalue weighted by Crippen LogP contribution is 2.27. The smallest absolute Gasteiger partial charge is 0.226 e. The molecule has 5 nitrogen and oxygen atoms in total. The third kappa shape index (κ3) is 1.93. The Bertz CT molecular complexity index is 474. The first-order valence-corrected chi connectivity index (χ1v) is 4.72. The van der Waals surface area contributed by atoms with Gasteiger partial charge in [0.05, 0.1) is 25.5 Å². The molecular weight excluding hydrogens is 206 g/mol. The van der Waals surface area contributed by atoms with Crippen LogP contribution in [-0.2, 0) is 0 Å². The summed E-state index contributed by atoms with van der Waals surface area (Å²) in [6.07, 6.45) is 1.62. The van der Waals surface area contributed by atoms with Gasteiger partial charge >= 0.3 is 0 Å². The van der Waals surface area contributed by atoms with Gasteiger partial charge in [-0.1, -0.05) is 0 Å². The van der Waals surface area contributed by atoms with Crippen molar-refractivity contribution >= 4 is 0 Å². The van der Waals surface area contributed by atoms with Gasteiger partial charge in [0.25, 0.3) is 0 Å². The van der Waals surface area contributed by atoms with Gasteiger partial charge in [0.2, 0.25) is 11.8 Å². The van der Waals surface area contributed by atoms with Gasteiger partial charge in [-0.3, -0.25) is 0 Å². The van der Waals surface area contributed by atoms with Crippen molar-refractivity contribution in [1.29, 1.82) is 0 Å². The maximum absolute atomic E-state index is 5.18. The number of pyridine rings is 1. The molecule has 2 aromatic rings. The molecule has 0 amide bonds. The van der Waals surface area contributed by atoms with Crippen LogP contribution in [0.25, 0.3) is 11.3 Å². The molecule has 0 atom stereocenters. The van der Waals surface area contributed by atoms with Crippen molar-refractivity contribution in [3.63, 3.8) is 0 Å². The van der Waals surface area contributed by atoms with Crippen molar-refractivity contribution in [1.82, 2.24) is 15.2 Å². The molecule has 2 heterocycles. The Hall–Kier alpha value is -2.17. The molecule has 0 saturated heterocycles. The van der Waals surface area contributed by atoms with Gasteiger partial charge in [-0.05, 0) is 18.2 Å². The molecule has 2 rings (SSSR count). The monoisotopic (exact) mass is 217 g/mol. The fraction of sp³-hybridized carbons (Fsp3) is 0.182. The number of ether oxygens (including phenoxy) is 2. The first kappa shape index (κ1) is 10.4. The van der Waals surface area contributed by atoms with Gasteiger partial charge in [0.15, 0.2) is 0 Å². The molecule has 82 valence electrons. The highest BCUT2D eigenvalue weighted by molar-refractivity contribution is 5.64. The summed E-state index contributed by atoms with van der Waals surface area (Å²) in [6.45, 7) is 0. The zero-order chi connectivity index (χ0) is 11.4. The lowest BCUT2D eigenvalue weighted by atomic mass is 10.2. The van der Waals surface area contributed by atoms with Gasteiger partial charge in [-0.25, -0.2) is 0 Å². The minimum Gasteiger partial charge on any atom is -0.481 e. The molecule has 0 saturated carbocycles. The Morgan fingerprint density at radius 3 is 2.56 bits per heavy atom. The van der Waals surface area contributed by atoms with E-state index in [1.54, 1.807) is 26.5 Å². The molecule has 0 aliphatic carbocycles. The van der Waals surface area contributed by atoms with Crippen LogP contribution in [-0.4, -0.2) is 29.4 Å². The van der Waals surface area contributed by atoms with E-state index >= 15 is 0 Å². The molecule has 0 radical (unpaired) electrons. The van der Waals surface area contributed by atoms with E-state index in [0.29, 0.717) is 11.8 Å². The Labute approximate surface area is 93.1 Å². The zero-order valence-corrected chi connectivity index (χ0v) is 9.04. The standard InChI is InChI=1S/C11H11N3O2/c1-15-10-6-5-8(11(13-10)16-2)9-4-3-7-12-14-9/h3-7H,1-2H3. The van der Waals surface area contributed by atoms with E-state index in [0.717, 1.165) is 11.3 Å². The lowest BCUT2D eigenvalue weighted by Gasteiger charge is -2.07. The summed E-state index contributed by atoms with van der Waals surface area (Å²) < 4.78 is 10.2. The Kier molecular flexibility index (Phi) is 2.95. The van der Waals surface area contributed by atoms with Crippen molar-refractivity contribution in [3.05, 3.63) is 30.5 Å². The van der Waals surface area contributed by atoms with E-state index in [1.165, 1.54) is 0 Å². The summed E-state index contributed by atoms with van der Waals surface area (Å²) >= 11 is 0. The van der Waals surface area contributed by atoms with Crippen LogP contribution in [0.4, 0.5) is 0 Å². The van der Waals surface area contributed by atoms with E-state index in [4.69, 9.17) is 9.47 Å². The fourth-order valence-corrected chi connectivity index (χ4v) is 1.33. The topological polar surface area (TPSA) is 57.1 Å². The van der Waals surface area contributed by atoms with E-state index in [9.17, 15) is 0 Å². The average molecular weight is 217 g/mol. The second-order valence-electron chi connectivity index (χ2n) is 3.02. The van der Waals surface area contributed by atoms with Crippen molar-refractivity contribution in [3.8, 4) is 23.0 Å². The summed E-state index contributed by atoms with van der Waals surface area (Å²) in [4.78, 5) is 4.17. The molecule has 0 N–H and O–H groups in total. The number of aromatic nitrogens is 3. The Balaban J connectivity index is 2.49. The van der Waals surface area contributed by atoms with E-state index in [1.807, 2.05) is 18.2 Å². The van der Waals surface area contributed by atoms with Crippen LogP contribution in [0, 0.1) is 0 Å². The molecule has 0 fully saturated rings. The van der Waals surface area contributed by atoms with Crippen molar-refractivity contribution in [2.75, 3.05) is 14.2 Å². The van der Waals surface area contributed by atoms with Crippen LogP contribution in [0.15, 0.2) is 30.5 Å². The quantitative estimate of drug-likeness (QED) is 0.780. The molecule has 0 spiro atoms. The first-order chi connectivity index (χ1) is 7.85. The van der Waals surface area contributed by atoms with E-state index in [-0.39, 0.29) is 0 Å². The van der Waals surface area contributed by atoms with Gasteiger partial charge in [-0.15, -0.1) is 0 Å². The molecule has 0 aliphatic rings. The molecule has 0 unspecified atom stereocenters. The summed E-state index contributed by atoms with van der Waals surface area (Å²) in [7, 11) is 3.12. The maximum Gasteiger partial charge on any atom is 0.226 e. The minimum atomic E-state index is 0.472. The van der Waals surface area contributed by atoms with Crippen LogP contribution < -0.4 is 9.47 Å². The fourth-order valence-electron chi connectivity index (χ4n) is 1.33. The van der Waals surface area contributed by atoms with Crippen LogP contribution in [0.3, 0.4) is 0 Å². The predicted octanol–water partition coefficient (Wildman–Crippen LogP) is 1.56. The van der Waals surface area contributed by atoms with Crippen molar-refractivity contribution in [2.45, 2.75) is 0 Å². The second kappa shape index (κ2) is 4.57. The van der Waals surface area contributed by atoms with Gasteiger partial charge in [-0.2, -0.15) is 15.2 Å². The SMILES string of the molecule is COc1ccc(-c2cccnn2)c(OC)n1. The average Bonchev–Trinajstić information content (AvgIpc) is 2.39. The van der Waals surface area contributed by atoms with Crippen molar-refractivity contribution in [2.24, 2.45) is 0 Å². The van der Waals surface area contributed by atoms with Crippen LogP contribution in [0.5, 0.6) is 11.8 Å². The Morgan fingerprint density at radius 2 is 1.94 bits per heavy atom. The number of nitrogens with zero attached hydrogens (tertiary/aromatic N) is 3. The van der Waals surface area contributed by atoms with Crippen LogP contribution in [0.1, 0.15) is 0 Å². The van der Waals surface area contributed by atoms with Gasteiger partial charge in [0, 0.05) is 12.3 Å². The summed E-state index contributed by atoms with van der Waals surface area (Å²) in [5, 5.41) is 7.82. The van der Waals surface area contributed by atoms with Crippen molar-refractivity contribution < 1.29 is 9.47 Å². The lowest BCUT2D eigenvalue weighted by molar-refractivity contribution is 0.365. The second-order valence-corrected chi connectivity index (χ2v) is 3.02. The third-order valence-corrected chi connectivity index (χ3v) is 2.09. The maximum atomic E-state index is 5.18. The molecule has 2 aromatic heterocycles. The van der Waals surface area contributed by atoms with E-state index in [2.05, 4.69) is 15.2 Å². The number of rotatable bonds is 3. The number of hydrogen-bond acceptors (Lipinski definition) is 5. The third-order valence-electron chi connectivity index (χ3n) is 2.09. The molecule has 0 bridgehead atoms. The molecular formula is C11H11N3O2. The highest BCUT2D eigenvalue weighted by atomic mass is 16.5. The lowest BCUT2D eigenvalue weighted by Crippen LogP contribution is -1.96. The summed E-state index contributed by atoms with van der Waals surface area (Å²) in [5.41, 5.74) is 1.51. The zero-order valence-electron chi connectivity index (χ0n) is 9.04. The Morgan fingerprint density at radius 1 is 1.06 bits per heavy atom. The summed E-state index contributed by atoms with van der Waals surface area (Å²) in [6, 6.07) is 7.26. The molecule has 16 heavy (non-hydrogen) atoms. The summed E-state index contributed by atoms with van der Waals surface area (Å²) in [5.74, 6) is 0.976. The molecule has 0 aromatic carbocycles. The highest BCUT2D eigenvalue weighted by Gasteiger charge is 2.09. The van der Waals surface area contributed by atoms with Crippen LogP contribution >= 0.6 is 0 Å².